The summed E-state index contributed by atoms with van der Waals surface area (Å²) in [4.78, 5) is 63.9. The van der Waals surface area contributed by atoms with Crippen molar-refractivity contribution >= 4 is 29.8 Å². The molecule has 192 valence electrons. The molecular weight excluding hydrogens is 446 g/mol. The molecule has 0 unspecified atom stereocenters. The fourth-order valence-corrected chi connectivity index (χ4v) is 4.15. The van der Waals surface area contributed by atoms with Crippen LogP contribution in [0.5, 0.6) is 0 Å². The van der Waals surface area contributed by atoms with E-state index in [2.05, 4.69) is 16.0 Å². The van der Waals surface area contributed by atoms with Crippen LogP contribution in [0.3, 0.4) is 0 Å². The molecule has 2 saturated heterocycles. The van der Waals surface area contributed by atoms with Crippen LogP contribution in [-0.4, -0.2) is 84.1 Å². The van der Waals surface area contributed by atoms with Gasteiger partial charge in [-0.3, -0.25) is 14.4 Å². The lowest BCUT2D eigenvalue weighted by atomic mass is 10.1. The molecule has 0 spiro atoms. The van der Waals surface area contributed by atoms with Crippen molar-refractivity contribution in [3.05, 3.63) is 0 Å². The molecule has 0 radical (unpaired) electrons. The van der Waals surface area contributed by atoms with E-state index < -0.39 is 53.5 Å². The Labute approximate surface area is 199 Å². The van der Waals surface area contributed by atoms with Crippen LogP contribution in [0.1, 0.15) is 59.8 Å². The lowest BCUT2D eigenvalue weighted by Crippen LogP contribution is -2.61. The van der Waals surface area contributed by atoms with Gasteiger partial charge in [0, 0.05) is 19.0 Å². The van der Waals surface area contributed by atoms with E-state index in [0.717, 1.165) is 0 Å². The number of nitrogens with zero attached hydrogens (tertiary/aromatic N) is 1. The second kappa shape index (κ2) is 12.0. The first kappa shape index (κ1) is 27.4. The number of nitrogens with one attached hydrogen (secondary N) is 3. The van der Waals surface area contributed by atoms with Crippen LogP contribution in [0.25, 0.3) is 0 Å². The SMILES string of the molecule is CCOC(=O)[C@H](CCC(N)=O)NC(=O)[C@@H]1CC[C@@H]2CCNC[C@H](NC(=O)OC(C)(C)C)C(=O)N21. The van der Waals surface area contributed by atoms with Gasteiger partial charge < -0.3 is 36.1 Å². The molecule has 12 heteroatoms. The van der Waals surface area contributed by atoms with Gasteiger partial charge in [0.05, 0.1) is 6.61 Å². The normalized spacial score (nSPS) is 23.7. The smallest absolute Gasteiger partial charge is 0.408 e. The van der Waals surface area contributed by atoms with Crippen LogP contribution in [0.4, 0.5) is 4.79 Å². The minimum absolute atomic E-state index is 0.00323. The Kier molecular flexibility index (Phi) is 9.66. The molecule has 0 aliphatic carbocycles. The zero-order chi connectivity index (χ0) is 25.5. The highest BCUT2D eigenvalue weighted by Gasteiger charge is 2.44. The second-order valence-electron chi connectivity index (χ2n) is 9.50. The molecule has 0 aromatic heterocycles. The largest absolute Gasteiger partial charge is 0.464 e. The highest BCUT2D eigenvalue weighted by atomic mass is 16.6. The number of rotatable bonds is 8. The third-order valence-corrected chi connectivity index (χ3v) is 5.62. The first-order valence-electron chi connectivity index (χ1n) is 11.7. The lowest BCUT2D eigenvalue weighted by molar-refractivity contribution is -0.149. The molecule has 2 heterocycles. The fraction of sp³-hybridized carbons (Fsp3) is 0.773. The zero-order valence-electron chi connectivity index (χ0n) is 20.3. The number of carbonyl (C=O) groups excluding carboxylic acids is 5. The zero-order valence-corrected chi connectivity index (χ0v) is 20.3. The van der Waals surface area contributed by atoms with E-state index in [-0.39, 0.29) is 32.0 Å². The highest BCUT2D eigenvalue weighted by molar-refractivity contribution is 5.94. The maximum atomic E-state index is 13.4. The van der Waals surface area contributed by atoms with E-state index in [4.69, 9.17) is 15.2 Å². The molecule has 5 N–H and O–H groups in total. The molecule has 0 bridgehead atoms. The summed E-state index contributed by atoms with van der Waals surface area (Å²) >= 11 is 0. The average molecular weight is 484 g/mol. The highest BCUT2D eigenvalue weighted by Crippen LogP contribution is 2.28. The Balaban J connectivity index is 2.16. The third kappa shape index (κ3) is 7.86. The van der Waals surface area contributed by atoms with Crippen molar-refractivity contribution in [1.29, 1.82) is 0 Å². The minimum Gasteiger partial charge on any atom is -0.464 e. The van der Waals surface area contributed by atoms with Gasteiger partial charge in [0.15, 0.2) is 0 Å². The van der Waals surface area contributed by atoms with Crippen molar-refractivity contribution in [3.8, 4) is 0 Å². The van der Waals surface area contributed by atoms with Gasteiger partial charge in [0.2, 0.25) is 17.7 Å². The van der Waals surface area contributed by atoms with Gasteiger partial charge >= 0.3 is 12.1 Å². The molecule has 12 nitrogen and oxygen atoms in total. The van der Waals surface area contributed by atoms with Crippen LogP contribution in [0.2, 0.25) is 0 Å². The molecule has 0 saturated carbocycles. The Morgan fingerprint density at radius 2 is 1.91 bits per heavy atom. The second-order valence-corrected chi connectivity index (χ2v) is 9.50. The topological polar surface area (TPSA) is 169 Å². The van der Waals surface area contributed by atoms with Gasteiger partial charge in [-0.05, 0) is 59.9 Å². The summed E-state index contributed by atoms with van der Waals surface area (Å²) in [6, 6.07) is -2.97. The van der Waals surface area contributed by atoms with Crippen molar-refractivity contribution in [1.82, 2.24) is 20.9 Å². The van der Waals surface area contributed by atoms with Crippen molar-refractivity contribution in [2.45, 2.75) is 89.6 Å². The van der Waals surface area contributed by atoms with E-state index >= 15 is 0 Å². The number of ether oxygens (including phenoxy) is 2. The molecule has 4 amide bonds. The maximum absolute atomic E-state index is 13.4. The van der Waals surface area contributed by atoms with Gasteiger partial charge in [0.25, 0.3) is 0 Å². The van der Waals surface area contributed by atoms with Crippen LogP contribution >= 0.6 is 0 Å². The molecular formula is C22H37N5O7. The first-order chi connectivity index (χ1) is 15.9. The van der Waals surface area contributed by atoms with Gasteiger partial charge in [-0.1, -0.05) is 0 Å². The van der Waals surface area contributed by atoms with Crippen molar-refractivity contribution in [2.75, 3.05) is 19.7 Å². The molecule has 4 atom stereocenters. The van der Waals surface area contributed by atoms with Crippen LogP contribution in [-0.2, 0) is 28.7 Å². The van der Waals surface area contributed by atoms with E-state index in [1.807, 2.05) is 0 Å². The molecule has 2 rings (SSSR count). The summed E-state index contributed by atoms with van der Waals surface area (Å²) < 4.78 is 10.3. The van der Waals surface area contributed by atoms with E-state index in [1.165, 1.54) is 4.90 Å². The fourth-order valence-electron chi connectivity index (χ4n) is 4.15. The molecule has 2 aliphatic heterocycles. The molecule has 0 aromatic carbocycles. The van der Waals surface area contributed by atoms with E-state index in [1.54, 1.807) is 27.7 Å². The number of amides is 4. The molecule has 0 aromatic rings. The van der Waals surface area contributed by atoms with E-state index in [0.29, 0.717) is 25.8 Å². The van der Waals surface area contributed by atoms with Crippen LogP contribution in [0, 0.1) is 0 Å². The number of fused-ring (bicyclic) bond motifs is 1. The summed E-state index contributed by atoms with van der Waals surface area (Å²) in [6.45, 7) is 7.72. The van der Waals surface area contributed by atoms with Gasteiger partial charge in [0.1, 0.15) is 23.7 Å². The summed E-state index contributed by atoms with van der Waals surface area (Å²) in [5.74, 6) is -2.18. The van der Waals surface area contributed by atoms with Gasteiger partial charge in [-0.25, -0.2) is 9.59 Å². The van der Waals surface area contributed by atoms with Gasteiger partial charge in [-0.2, -0.15) is 0 Å². The first-order valence-corrected chi connectivity index (χ1v) is 11.7. The Bertz CT molecular complexity index is 782. The molecule has 2 aliphatic rings. The van der Waals surface area contributed by atoms with Crippen LogP contribution < -0.4 is 21.7 Å². The maximum Gasteiger partial charge on any atom is 0.408 e. The predicted octanol–water partition coefficient (Wildman–Crippen LogP) is -0.454. The summed E-state index contributed by atoms with van der Waals surface area (Å²) in [7, 11) is 0. The third-order valence-electron chi connectivity index (χ3n) is 5.62. The quantitative estimate of drug-likeness (QED) is 0.336. The molecule has 34 heavy (non-hydrogen) atoms. The predicted molar refractivity (Wildman–Crippen MR) is 121 cm³/mol. The monoisotopic (exact) mass is 483 g/mol. The average Bonchev–Trinajstić information content (AvgIpc) is 3.13. The lowest BCUT2D eigenvalue weighted by Gasteiger charge is -2.36. The van der Waals surface area contributed by atoms with Crippen molar-refractivity contribution in [3.63, 3.8) is 0 Å². The Morgan fingerprint density at radius 1 is 1.21 bits per heavy atom. The number of primary amides is 1. The number of hydrogen-bond acceptors (Lipinski definition) is 8. The molecule has 2 fully saturated rings. The number of alkyl carbamates (subject to hydrolysis) is 1. The summed E-state index contributed by atoms with van der Waals surface area (Å²) in [5, 5.41) is 8.39. The van der Waals surface area contributed by atoms with E-state index in [9.17, 15) is 24.0 Å². The van der Waals surface area contributed by atoms with Gasteiger partial charge in [-0.15, -0.1) is 0 Å². The van der Waals surface area contributed by atoms with Crippen molar-refractivity contribution in [2.24, 2.45) is 5.73 Å². The number of esters is 1. The van der Waals surface area contributed by atoms with Crippen molar-refractivity contribution < 1.29 is 33.4 Å². The number of carbonyl (C=O) groups is 5. The summed E-state index contributed by atoms with van der Waals surface area (Å²) in [6.07, 6.45) is 0.837. The number of hydrogen-bond donors (Lipinski definition) is 4. The standard InChI is InChI=1S/C22H37N5O7/c1-5-33-20(31)14(7-9-17(23)28)25-18(29)16-8-6-13-10-11-24-12-15(19(30)27(13)16)26-21(32)34-22(2,3)4/h13-16,24H,5-12H2,1-4H3,(H2,23,28)(H,25,29)(H,26,32)/t13-,14+,15+,16+/m1/s1. The Hall–Kier alpha value is -2.89. The van der Waals surface area contributed by atoms with Crippen LogP contribution in [0.15, 0.2) is 0 Å². The summed E-state index contributed by atoms with van der Waals surface area (Å²) in [5.41, 5.74) is 4.46. The number of nitrogens with two attached hydrogens (primary N) is 1. The minimum atomic E-state index is -1.05. The Morgan fingerprint density at radius 3 is 2.53 bits per heavy atom.